The van der Waals surface area contributed by atoms with Crippen LogP contribution in [0.5, 0.6) is 0 Å². The molecule has 0 saturated heterocycles. The third-order valence-electron chi connectivity index (χ3n) is 2.75. The number of pyridine rings is 1. The zero-order chi connectivity index (χ0) is 10.7. The maximum Gasteiger partial charge on any atom is 0.220 e. The lowest BCUT2D eigenvalue weighted by Gasteiger charge is -2.18. The van der Waals surface area contributed by atoms with Crippen LogP contribution in [0, 0.1) is 12.8 Å². The average molecular weight is 192 g/mol. The number of hydrogen-bond acceptors (Lipinski definition) is 2. The van der Waals surface area contributed by atoms with Gasteiger partial charge in [-0.15, -0.1) is 0 Å². The first-order chi connectivity index (χ1) is 6.54. The van der Waals surface area contributed by atoms with Crippen molar-refractivity contribution in [3.05, 3.63) is 29.6 Å². The summed E-state index contributed by atoms with van der Waals surface area (Å²) in [6, 6.07) is 1.94. The number of aromatic nitrogens is 1. The lowest BCUT2D eigenvalue weighted by atomic mass is 9.87. The van der Waals surface area contributed by atoms with Crippen LogP contribution in [-0.4, -0.2) is 10.9 Å². The summed E-state index contributed by atoms with van der Waals surface area (Å²) in [5, 5.41) is 0. The van der Waals surface area contributed by atoms with E-state index in [2.05, 4.69) is 4.98 Å². The van der Waals surface area contributed by atoms with Crippen molar-refractivity contribution >= 4 is 5.91 Å². The molecule has 0 saturated carbocycles. The van der Waals surface area contributed by atoms with Gasteiger partial charge in [-0.3, -0.25) is 9.78 Å². The molecule has 0 aliphatic rings. The molecule has 0 bridgehead atoms. The molecule has 1 rings (SSSR count). The van der Waals surface area contributed by atoms with Crippen molar-refractivity contribution in [2.24, 2.45) is 11.7 Å². The number of hydrogen-bond donors (Lipinski definition) is 1. The fraction of sp³-hybridized carbons (Fsp3) is 0.455. The summed E-state index contributed by atoms with van der Waals surface area (Å²) in [7, 11) is 0. The number of aryl methyl sites for hydroxylation is 1. The van der Waals surface area contributed by atoms with Gasteiger partial charge in [0.1, 0.15) is 0 Å². The van der Waals surface area contributed by atoms with Gasteiger partial charge >= 0.3 is 0 Å². The summed E-state index contributed by atoms with van der Waals surface area (Å²) in [6.45, 7) is 5.86. The summed E-state index contributed by atoms with van der Waals surface area (Å²) >= 11 is 0. The predicted molar refractivity (Wildman–Crippen MR) is 55.7 cm³/mol. The van der Waals surface area contributed by atoms with Crippen molar-refractivity contribution in [2.75, 3.05) is 0 Å². The van der Waals surface area contributed by atoms with Crippen LogP contribution in [0.25, 0.3) is 0 Å². The second-order valence-corrected chi connectivity index (χ2v) is 3.71. The third-order valence-corrected chi connectivity index (χ3v) is 2.75. The Morgan fingerprint density at radius 3 is 2.64 bits per heavy atom. The first-order valence-corrected chi connectivity index (χ1v) is 4.74. The number of rotatable bonds is 3. The van der Waals surface area contributed by atoms with Gasteiger partial charge in [-0.05, 0) is 30.0 Å². The van der Waals surface area contributed by atoms with E-state index < -0.39 is 0 Å². The molecule has 1 aromatic heterocycles. The van der Waals surface area contributed by atoms with Crippen LogP contribution in [0.1, 0.15) is 30.9 Å². The molecule has 0 fully saturated rings. The van der Waals surface area contributed by atoms with E-state index in [1.54, 1.807) is 12.4 Å². The van der Waals surface area contributed by atoms with Gasteiger partial charge in [-0.1, -0.05) is 13.8 Å². The highest BCUT2D eigenvalue weighted by Crippen LogP contribution is 2.25. The molecular formula is C11H16N2O. The van der Waals surface area contributed by atoms with Gasteiger partial charge in [0.15, 0.2) is 0 Å². The Balaban J connectivity index is 2.94. The maximum absolute atomic E-state index is 11.0. The molecule has 76 valence electrons. The Labute approximate surface area is 84.3 Å². The van der Waals surface area contributed by atoms with Crippen molar-refractivity contribution in [3.8, 4) is 0 Å². The van der Waals surface area contributed by atoms with Crippen molar-refractivity contribution in [2.45, 2.75) is 26.7 Å². The highest BCUT2D eigenvalue weighted by Gasteiger charge is 2.20. The summed E-state index contributed by atoms with van der Waals surface area (Å²) in [6.07, 6.45) is 3.55. The molecule has 3 nitrogen and oxygen atoms in total. The van der Waals surface area contributed by atoms with E-state index in [0.29, 0.717) is 0 Å². The first kappa shape index (κ1) is 10.7. The SMILES string of the molecule is Cc1cnccc1C(C)C(C)C(N)=O. The van der Waals surface area contributed by atoms with E-state index in [1.807, 2.05) is 26.8 Å². The molecule has 0 radical (unpaired) electrons. The molecule has 1 heterocycles. The summed E-state index contributed by atoms with van der Waals surface area (Å²) in [5.74, 6) is -0.250. The van der Waals surface area contributed by atoms with Crippen LogP contribution in [-0.2, 0) is 4.79 Å². The molecule has 3 heteroatoms. The second-order valence-electron chi connectivity index (χ2n) is 3.71. The lowest BCUT2D eigenvalue weighted by molar-refractivity contribution is -0.121. The fourth-order valence-electron chi connectivity index (χ4n) is 1.51. The van der Waals surface area contributed by atoms with Gasteiger partial charge in [-0.2, -0.15) is 0 Å². The van der Waals surface area contributed by atoms with Gasteiger partial charge in [0.05, 0.1) is 0 Å². The Hall–Kier alpha value is -1.38. The monoisotopic (exact) mass is 192 g/mol. The first-order valence-electron chi connectivity index (χ1n) is 4.74. The van der Waals surface area contributed by atoms with Crippen molar-refractivity contribution in [1.82, 2.24) is 4.98 Å². The number of nitrogens with zero attached hydrogens (tertiary/aromatic N) is 1. The van der Waals surface area contributed by atoms with Gasteiger partial charge in [0, 0.05) is 18.3 Å². The second kappa shape index (κ2) is 4.22. The Morgan fingerprint density at radius 2 is 2.14 bits per heavy atom. The molecule has 0 spiro atoms. The minimum atomic E-state index is -0.256. The molecule has 1 aromatic rings. The van der Waals surface area contributed by atoms with Gasteiger partial charge in [0.2, 0.25) is 5.91 Å². The van der Waals surface area contributed by atoms with Crippen molar-refractivity contribution in [3.63, 3.8) is 0 Å². The molecule has 2 unspecified atom stereocenters. The smallest absolute Gasteiger partial charge is 0.220 e. The van der Waals surface area contributed by atoms with Crippen LogP contribution in [0.4, 0.5) is 0 Å². The van der Waals surface area contributed by atoms with Gasteiger partial charge < -0.3 is 5.73 Å². The number of nitrogens with two attached hydrogens (primary N) is 1. The average Bonchev–Trinajstić information content (AvgIpc) is 2.16. The minimum absolute atomic E-state index is 0.143. The van der Waals surface area contributed by atoms with E-state index in [1.165, 1.54) is 0 Å². The van der Waals surface area contributed by atoms with E-state index in [9.17, 15) is 4.79 Å². The van der Waals surface area contributed by atoms with Gasteiger partial charge in [-0.25, -0.2) is 0 Å². The van der Waals surface area contributed by atoms with Crippen molar-refractivity contribution < 1.29 is 4.79 Å². The maximum atomic E-state index is 11.0. The molecule has 1 amide bonds. The lowest BCUT2D eigenvalue weighted by Crippen LogP contribution is -2.25. The Morgan fingerprint density at radius 1 is 1.50 bits per heavy atom. The summed E-state index contributed by atoms with van der Waals surface area (Å²) in [5.41, 5.74) is 7.52. The number of carbonyl (C=O) groups is 1. The normalized spacial score (nSPS) is 14.8. The van der Waals surface area contributed by atoms with Crippen LogP contribution < -0.4 is 5.73 Å². The van der Waals surface area contributed by atoms with Crippen LogP contribution in [0.15, 0.2) is 18.5 Å². The van der Waals surface area contributed by atoms with E-state index in [4.69, 9.17) is 5.73 Å². The minimum Gasteiger partial charge on any atom is -0.369 e. The number of amides is 1. The highest BCUT2D eigenvalue weighted by molar-refractivity contribution is 5.77. The predicted octanol–water partition coefficient (Wildman–Crippen LogP) is 1.61. The quantitative estimate of drug-likeness (QED) is 0.791. The Kier molecular flexibility index (Phi) is 3.23. The third kappa shape index (κ3) is 2.10. The molecular weight excluding hydrogens is 176 g/mol. The molecule has 0 aromatic carbocycles. The molecule has 0 aliphatic carbocycles. The Bertz CT molecular complexity index is 336. The van der Waals surface area contributed by atoms with E-state index in [0.717, 1.165) is 11.1 Å². The molecule has 0 aliphatic heterocycles. The van der Waals surface area contributed by atoms with Crippen LogP contribution in [0.2, 0.25) is 0 Å². The summed E-state index contributed by atoms with van der Waals surface area (Å²) < 4.78 is 0. The number of carbonyl (C=O) groups excluding carboxylic acids is 1. The van der Waals surface area contributed by atoms with E-state index in [-0.39, 0.29) is 17.7 Å². The fourth-order valence-corrected chi connectivity index (χ4v) is 1.51. The highest BCUT2D eigenvalue weighted by atomic mass is 16.1. The standard InChI is InChI=1S/C11H16N2O/c1-7-6-13-5-4-10(7)8(2)9(3)11(12)14/h4-6,8-9H,1-3H3,(H2,12,14). The van der Waals surface area contributed by atoms with Crippen LogP contribution >= 0.6 is 0 Å². The molecule has 2 atom stereocenters. The zero-order valence-electron chi connectivity index (χ0n) is 8.82. The largest absolute Gasteiger partial charge is 0.369 e. The molecule has 14 heavy (non-hydrogen) atoms. The topological polar surface area (TPSA) is 56.0 Å². The van der Waals surface area contributed by atoms with E-state index >= 15 is 0 Å². The molecule has 2 N–H and O–H groups in total. The van der Waals surface area contributed by atoms with Crippen LogP contribution in [0.3, 0.4) is 0 Å². The van der Waals surface area contributed by atoms with Crippen molar-refractivity contribution in [1.29, 1.82) is 0 Å². The van der Waals surface area contributed by atoms with Gasteiger partial charge in [0.25, 0.3) is 0 Å². The summed E-state index contributed by atoms with van der Waals surface area (Å²) in [4.78, 5) is 15.0. The number of primary amides is 1. The zero-order valence-corrected chi connectivity index (χ0v) is 8.82.